The second kappa shape index (κ2) is 4.45. The highest BCUT2D eigenvalue weighted by atomic mass is 16.2. The molecule has 88 valence electrons. The first-order valence-electron chi connectivity index (χ1n) is 6.36. The molecule has 2 unspecified atom stereocenters. The number of rotatable bonds is 3. The molecule has 16 heavy (non-hydrogen) atoms. The van der Waals surface area contributed by atoms with Gasteiger partial charge in [0.2, 0.25) is 5.91 Å². The molecule has 0 aliphatic heterocycles. The summed E-state index contributed by atoms with van der Waals surface area (Å²) in [6.45, 7) is 3.04. The summed E-state index contributed by atoms with van der Waals surface area (Å²) in [6.07, 6.45) is 6.24. The van der Waals surface area contributed by atoms with E-state index in [1.54, 1.807) is 0 Å². The standard InChI is InChI=1S/C13H20N2O/c1-10-3-4-11(7-10)8-15-12(16)13(9-14)5-2-6-13/h10-11H,2-8H2,1H3,(H,15,16). The fraction of sp³-hybridized carbons (Fsp3) is 0.846. The van der Waals surface area contributed by atoms with Gasteiger partial charge in [0.15, 0.2) is 0 Å². The molecule has 0 saturated heterocycles. The van der Waals surface area contributed by atoms with E-state index in [-0.39, 0.29) is 5.91 Å². The lowest BCUT2D eigenvalue weighted by Gasteiger charge is -2.33. The van der Waals surface area contributed by atoms with E-state index in [0.717, 1.165) is 31.7 Å². The van der Waals surface area contributed by atoms with Gasteiger partial charge in [0.05, 0.1) is 6.07 Å². The van der Waals surface area contributed by atoms with Crippen LogP contribution in [0.5, 0.6) is 0 Å². The number of hydrogen-bond donors (Lipinski definition) is 1. The van der Waals surface area contributed by atoms with Gasteiger partial charge < -0.3 is 5.32 Å². The van der Waals surface area contributed by atoms with Gasteiger partial charge in [-0.15, -0.1) is 0 Å². The molecule has 1 N–H and O–H groups in total. The average Bonchev–Trinajstić information content (AvgIpc) is 2.60. The van der Waals surface area contributed by atoms with Crippen LogP contribution in [0.15, 0.2) is 0 Å². The lowest BCUT2D eigenvalue weighted by molar-refractivity contribution is -0.131. The number of carbonyl (C=O) groups excluding carboxylic acids is 1. The molecule has 0 aromatic heterocycles. The highest BCUT2D eigenvalue weighted by Crippen LogP contribution is 2.40. The Morgan fingerprint density at radius 1 is 1.50 bits per heavy atom. The molecule has 3 nitrogen and oxygen atoms in total. The molecule has 2 atom stereocenters. The van der Waals surface area contributed by atoms with E-state index < -0.39 is 5.41 Å². The third-order valence-corrected chi connectivity index (χ3v) is 4.21. The highest BCUT2D eigenvalue weighted by molar-refractivity contribution is 5.86. The van der Waals surface area contributed by atoms with E-state index in [4.69, 9.17) is 5.26 Å². The van der Waals surface area contributed by atoms with E-state index in [0.29, 0.717) is 5.92 Å². The largest absolute Gasteiger partial charge is 0.354 e. The maximum atomic E-state index is 11.9. The fourth-order valence-corrected chi connectivity index (χ4v) is 2.84. The molecular weight excluding hydrogens is 200 g/mol. The van der Waals surface area contributed by atoms with Crippen LogP contribution in [-0.2, 0) is 4.79 Å². The van der Waals surface area contributed by atoms with Crippen LogP contribution in [0.1, 0.15) is 45.4 Å². The molecule has 0 bridgehead atoms. The van der Waals surface area contributed by atoms with E-state index in [1.807, 2.05) is 0 Å². The van der Waals surface area contributed by atoms with Crippen LogP contribution < -0.4 is 5.32 Å². The Kier molecular flexibility index (Phi) is 3.18. The minimum Gasteiger partial charge on any atom is -0.354 e. The minimum absolute atomic E-state index is 0.0270. The van der Waals surface area contributed by atoms with Crippen molar-refractivity contribution < 1.29 is 4.79 Å². The third kappa shape index (κ3) is 2.07. The topological polar surface area (TPSA) is 52.9 Å². The summed E-state index contributed by atoms with van der Waals surface area (Å²) in [6, 6.07) is 2.19. The average molecular weight is 220 g/mol. The van der Waals surface area contributed by atoms with Gasteiger partial charge >= 0.3 is 0 Å². The number of hydrogen-bond acceptors (Lipinski definition) is 2. The van der Waals surface area contributed by atoms with Crippen LogP contribution in [0.4, 0.5) is 0 Å². The molecule has 0 spiro atoms. The molecule has 0 aromatic carbocycles. The van der Waals surface area contributed by atoms with E-state index in [1.165, 1.54) is 19.3 Å². The number of carbonyl (C=O) groups is 1. The third-order valence-electron chi connectivity index (χ3n) is 4.21. The van der Waals surface area contributed by atoms with Crippen LogP contribution in [0.2, 0.25) is 0 Å². The minimum atomic E-state index is -0.676. The van der Waals surface area contributed by atoms with Gasteiger partial charge in [-0.1, -0.05) is 13.3 Å². The molecule has 2 aliphatic carbocycles. The van der Waals surface area contributed by atoms with Crippen LogP contribution in [0.3, 0.4) is 0 Å². The van der Waals surface area contributed by atoms with Gasteiger partial charge in [-0.2, -0.15) is 5.26 Å². The second-order valence-electron chi connectivity index (χ2n) is 5.54. The number of nitriles is 1. The molecular formula is C13H20N2O. The fourth-order valence-electron chi connectivity index (χ4n) is 2.84. The van der Waals surface area contributed by atoms with Crippen molar-refractivity contribution in [2.24, 2.45) is 17.3 Å². The normalized spacial score (nSPS) is 31.5. The molecule has 0 heterocycles. The summed E-state index contributed by atoms with van der Waals surface area (Å²) in [5, 5.41) is 12.0. The van der Waals surface area contributed by atoms with Crippen molar-refractivity contribution in [2.75, 3.05) is 6.54 Å². The second-order valence-corrected chi connectivity index (χ2v) is 5.54. The lowest BCUT2D eigenvalue weighted by atomic mass is 9.69. The quantitative estimate of drug-likeness (QED) is 0.793. The van der Waals surface area contributed by atoms with Gasteiger partial charge in [-0.3, -0.25) is 4.79 Å². The van der Waals surface area contributed by atoms with Crippen molar-refractivity contribution in [1.82, 2.24) is 5.32 Å². The summed E-state index contributed by atoms with van der Waals surface area (Å²) >= 11 is 0. The van der Waals surface area contributed by atoms with E-state index in [9.17, 15) is 4.79 Å². The van der Waals surface area contributed by atoms with Crippen molar-refractivity contribution in [3.8, 4) is 6.07 Å². The smallest absolute Gasteiger partial charge is 0.240 e. The molecule has 3 heteroatoms. The maximum absolute atomic E-state index is 11.9. The molecule has 2 fully saturated rings. The van der Waals surface area contributed by atoms with E-state index >= 15 is 0 Å². The first-order chi connectivity index (χ1) is 7.66. The summed E-state index contributed by atoms with van der Waals surface area (Å²) < 4.78 is 0. The van der Waals surface area contributed by atoms with Gasteiger partial charge in [-0.05, 0) is 43.9 Å². The molecule has 2 aliphatic rings. The predicted molar refractivity (Wildman–Crippen MR) is 61.4 cm³/mol. The zero-order chi connectivity index (χ0) is 11.6. The van der Waals surface area contributed by atoms with Crippen LogP contribution in [0.25, 0.3) is 0 Å². The Morgan fingerprint density at radius 2 is 2.25 bits per heavy atom. The summed E-state index contributed by atoms with van der Waals surface area (Å²) in [4.78, 5) is 11.9. The van der Waals surface area contributed by atoms with Gasteiger partial charge in [0.25, 0.3) is 0 Å². The Balaban J connectivity index is 1.78. The zero-order valence-corrected chi connectivity index (χ0v) is 9.96. The Bertz CT molecular complexity index is 314. The summed E-state index contributed by atoms with van der Waals surface area (Å²) in [7, 11) is 0. The lowest BCUT2D eigenvalue weighted by Crippen LogP contribution is -2.45. The molecule has 2 rings (SSSR count). The Labute approximate surface area is 97.2 Å². The van der Waals surface area contributed by atoms with Crippen LogP contribution in [0, 0.1) is 28.6 Å². The monoisotopic (exact) mass is 220 g/mol. The van der Waals surface area contributed by atoms with Crippen molar-refractivity contribution in [1.29, 1.82) is 5.26 Å². The van der Waals surface area contributed by atoms with Crippen molar-refractivity contribution in [2.45, 2.75) is 45.4 Å². The SMILES string of the molecule is CC1CCC(CNC(=O)C2(C#N)CCC2)C1. The number of nitrogens with one attached hydrogen (secondary N) is 1. The zero-order valence-electron chi connectivity index (χ0n) is 9.96. The molecule has 2 saturated carbocycles. The molecule has 0 aromatic rings. The highest BCUT2D eigenvalue weighted by Gasteiger charge is 2.44. The first-order valence-corrected chi connectivity index (χ1v) is 6.36. The van der Waals surface area contributed by atoms with E-state index in [2.05, 4.69) is 18.3 Å². The van der Waals surface area contributed by atoms with Gasteiger partial charge in [0, 0.05) is 6.54 Å². The Morgan fingerprint density at radius 3 is 2.69 bits per heavy atom. The molecule has 0 radical (unpaired) electrons. The number of nitrogens with zero attached hydrogens (tertiary/aromatic N) is 1. The van der Waals surface area contributed by atoms with Crippen molar-refractivity contribution in [3.63, 3.8) is 0 Å². The first kappa shape index (κ1) is 11.4. The van der Waals surface area contributed by atoms with Crippen molar-refractivity contribution >= 4 is 5.91 Å². The summed E-state index contributed by atoms with van der Waals surface area (Å²) in [5.41, 5.74) is -0.676. The van der Waals surface area contributed by atoms with Gasteiger partial charge in [0.1, 0.15) is 5.41 Å². The predicted octanol–water partition coefficient (Wildman–Crippen LogP) is 2.23. The van der Waals surface area contributed by atoms with Crippen molar-refractivity contribution in [3.05, 3.63) is 0 Å². The number of amides is 1. The van der Waals surface area contributed by atoms with Crippen LogP contribution in [-0.4, -0.2) is 12.5 Å². The van der Waals surface area contributed by atoms with Crippen LogP contribution >= 0.6 is 0 Å². The maximum Gasteiger partial charge on any atom is 0.240 e. The Hall–Kier alpha value is -1.04. The molecule has 1 amide bonds. The van der Waals surface area contributed by atoms with Gasteiger partial charge in [-0.25, -0.2) is 0 Å². The summed E-state index contributed by atoms with van der Waals surface area (Å²) in [5.74, 6) is 1.41.